The van der Waals surface area contributed by atoms with E-state index in [0.717, 1.165) is 0 Å². The predicted octanol–water partition coefficient (Wildman–Crippen LogP) is 1.96. The molecule has 0 saturated heterocycles. The van der Waals surface area contributed by atoms with E-state index < -0.39 is 5.97 Å². The van der Waals surface area contributed by atoms with Crippen LogP contribution in [0.15, 0.2) is 42.9 Å². The third-order valence-corrected chi connectivity index (χ3v) is 1.38. The van der Waals surface area contributed by atoms with Gasteiger partial charge in [-0.25, -0.2) is 4.79 Å². The lowest BCUT2D eigenvalue weighted by molar-refractivity contribution is 0.0654. The molecule has 0 aliphatic heterocycles. The maximum atomic E-state index is 11.2. The van der Waals surface area contributed by atoms with Crippen LogP contribution in [-0.2, 0) is 9.47 Å². The van der Waals surface area contributed by atoms with Crippen LogP contribution in [0.1, 0.15) is 10.4 Å². The molecule has 3 nitrogen and oxygen atoms in total. The summed E-state index contributed by atoms with van der Waals surface area (Å²) in [4.78, 5) is 11.2. The van der Waals surface area contributed by atoms with Crippen LogP contribution in [0.5, 0.6) is 0 Å². The largest absolute Gasteiger partial charge is 0.501 e. The standard InChI is InChI=1S/C10H10O3/c1-12-7-8-13-10(11)9-5-3-2-4-6-9/h2-8H,1H3/b8-7+. The molecule has 1 aromatic rings. The van der Waals surface area contributed by atoms with Gasteiger partial charge in [-0.05, 0) is 12.1 Å². The van der Waals surface area contributed by atoms with Crippen molar-refractivity contribution < 1.29 is 14.3 Å². The molecule has 0 spiro atoms. The van der Waals surface area contributed by atoms with E-state index in [1.54, 1.807) is 24.3 Å². The summed E-state index contributed by atoms with van der Waals surface area (Å²) in [7, 11) is 1.48. The second kappa shape index (κ2) is 4.98. The summed E-state index contributed by atoms with van der Waals surface area (Å²) in [5.41, 5.74) is 0.517. The third-order valence-electron chi connectivity index (χ3n) is 1.38. The normalized spacial score (nSPS) is 9.92. The van der Waals surface area contributed by atoms with E-state index in [9.17, 15) is 4.79 Å². The molecular formula is C10H10O3. The second-order valence-electron chi connectivity index (χ2n) is 2.28. The number of hydrogen-bond acceptors (Lipinski definition) is 3. The van der Waals surface area contributed by atoms with E-state index in [1.165, 1.54) is 19.6 Å². The fraction of sp³-hybridized carbons (Fsp3) is 0.100. The average molecular weight is 178 g/mol. The Morgan fingerprint density at radius 3 is 2.54 bits per heavy atom. The fourth-order valence-electron chi connectivity index (χ4n) is 0.787. The molecule has 13 heavy (non-hydrogen) atoms. The van der Waals surface area contributed by atoms with Gasteiger partial charge in [0.05, 0.1) is 12.7 Å². The first-order valence-electron chi connectivity index (χ1n) is 3.78. The van der Waals surface area contributed by atoms with Gasteiger partial charge in [0.1, 0.15) is 12.5 Å². The van der Waals surface area contributed by atoms with Gasteiger partial charge >= 0.3 is 5.97 Å². The molecule has 0 radical (unpaired) electrons. The molecule has 0 atom stereocenters. The number of rotatable bonds is 3. The summed E-state index contributed by atoms with van der Waals surface area (Å²) >= 11 is 0. The minimum atomic E-state index is -0.395. The highest BCUT2D eigenvalue weighted by Gasteiger charge is 2.02. The van der Waals surface area contributed by atoms with Crippen LogP contribution in [0, 0.1) is 0 Å². The fourth-order valence-corrected chi connectivity index (χ4v) is 0.787. The number of carbonyl (C=O) groups excluding carboxylic acids is 1. The molecule has 0 bridgehead atoms. The Morgan fingerprint density at radius 1 is 1.23 bits per heavy atom. The predicted molar refractivity (Wildman–Crippen MR) is 48.0 cm³/mol. The Morgan fingerprint density at radius 2 is 1.92 bits per heavy atom. The first-order valence-corrected chi connectivity index (χ1v) is 3.78. The Labute approximate surface area is 76.6 Å². The van der Waals surface area contributed by atoms with Gasteiger partial charge in [-0.2, -0.15) is 0 Å². The topological polar surface area (TPSA) is 35.5 Å². The van der Waals surface area contributed by atoms with Crippen LogP contribution in [0.25, 0.3) is 0 Å². The lowest BCUT2D eigenvalue weighted by Gasteiger charge is -1.97. The van der Waals surface area contributed by atoms with E-state index >= 15 is 0 Å². The summed E-state index contributed by atoms with van der Waals surface area (Å²) in [6.07, 6.45) is 2.50. The summed E-state index contributed by atoms with van der Waals surface area (Å²) in [5, 5.41) is 0. The molecule has 0 heterocycles. The number of methoxy groups -OCH3 is 1. The lowest BCUT2D eigenvalue weighted by atomic mass is 10.2. The summed E-state index contributed by atoms with van der Waals surface area (Å²) < 4.78 is 9.29. The van der Waals surface area contributed by atoms with E-state index in [2.05, 4.69) is 4.74 Å². The van der Waals surface area contributed by atoms with Gasteiger partial charge in [0.25, 0.3) is 0 Å². The minimum absolute atomic E-state index is 0.395. The van der Waals surface area contributed by atoms with Crippen molar-refractivity contribution in [3.8, 4) is 0 Å². The lowest BCUT2D eigenvalue weighted by Crippen LogP contribution is -1.99. The molecule has 68 valence electrons. The van der Waals surface area contributed by atoms with Crippen molar-refractivity contribution in [1.82, 2.24) is 0 Å². The van der Waals surface area contributed by atoms with Crippen LogP contribution in [0.2, 0.25) is 0 Å². The van der Waals surface area contributed by atoms with Crippen LogP contribution >= 0.6 is 0 Å². The molecule has 0 unspecified atom stereocenters. The molecule has 1 rings (SSSR count). The molecule has 0 amide bonds. The number of ether oxygens (including phenoxy) is 2. The molecule has 0 aromatic heterocycles. The van der Waals surface area contributed by atoms with Crippen molar-refractivity contribution in [2.75, 3.05) is 7.11 Å². The third kappa shape index (κ3) is 2.99. The molecule has 1 aromatic carbocycles. The van der Waals surface area contributed by atoms with Crippen LogP contribution < -0.4 is 0 Å². The van der Waals surface area contributed by atoms with Gasteiger partial charge in [-0.15, -0.1) is 0 Å². The summed E-state index contributed by atoms with van der Waals surface area (Å²) in [6, 6.07) is 8.75. The van der Waals surface area contributed by atoms with E-state index in [1.807, 2.05) is 6.07 Å². The maximum absolute atomic E-state index is 11.2. The monoisotopic (exact) mass is 178 g/mol. The Balaban J connectivity index is 2.54. The zero-order valence-corrected chi connectivity index (χ0v) is 7.27. The Kier molecular flexibility index (Phi) is 3.57. The van der Waals surface area contributed by atoms with Crippen LogP contribution in [-0.4, -0.2) is 13.1 Å². The highest BCUT2D eigenvalue weighted by molar-refractivity contribution is 5.89. The number of esters is 1. The van der Waals surface area contributed by atoms with Crippen molar-refractivity contribution in [3.05, 3.63) is 48.4 Å². The molecule has 0 aliphatic carbocycles. The van der Waals surface area contributed by atoms with Crippen molar-refractivity contribution in [1.29, 1.82) is 0 Å². The van der Waals surface area contributed by atoms with Gasteiger partial charge in [-0.3, -0.25) is 0 Å². The Bertz CT molecular complexity index is 290. The van der Waals surface area contributed by atoms with Gasteiger partial charge < -0.3 is 9.47 Å². The zero-order valence-electron chi connectivity index (χ0n) is 7.27. The second-order valence-corrected chi connectivity index (χ2v) is 2.28. The quantitative estimate of drug-likeness (QED) is 0.524. The molecule has 3 heteroatoms. The number of benzene rings is 1. The summed E-state index contributed by atoms with van der Waals surface area (Å²) in [6.45, 7) is 0. The van der Waals surface area contributed by atoms with E-state index in [-0.39, 0.29) is 0 Å². The zero-order chi connectivity index (χ0) is 9.52. The van der Waals surface area contributed by atoms with Gasteiger partial charge in [0, 0.05) is 0 Å². The van der Waals surface area contributed by atoms with Crippen LogP contribution in [0.4, 0.5) is 0 Å². The van der Waals surface area contributed by atoms with E-state index in [0.29, 0.717) is 5.56 Å². The van der Waals surface area contributed by atoms with Crippen molar-refractivity contribution in [2.24, 2.45) is 0 Å². The van der Waals surface area contributed by atoms with Crippen molar-refractivity contribution in [3.63, 3.8) is 0 Å². The Hall–Kier alpha value is -1.77. The van der Waals surface area contributed by atoms with Gasteiger partial charge in [-0.1, -0.05) is 18.2 Å². The molecule has 0 aliphatic rings. The van der Waals surface area contributed by atoms with E-state index in [4.69, 9.17) is 4.74 Å². The smallest absolute Gasteiger partial charge is 0.343 e. The van der Waals surface area contributed by atoms with Crippen molar-refractivity contribution in [2.45, 2.75) is 0 Å². The summed E-state index contributed by atoms with van der Waals surface area (Å²) in [5.74, 6) is -0.395. The number of carbonyl (C=O) groups is 1. The maximum Gasteiger partial charge on any atom is 0.343 e. The van der Waals surface area contributed by atoms with Gasteiger partial charge in [0.2, 0.25) is 0 Å². The molecule has 0 N–H and O–H groups in total. The molecule has 0 fully saturated rings. The average Bonchev–Trinajstić information content (AvgIpc) is 2.19. The minimum Gasteiger partial charge on any atom is -0.501 e. The first kappa shape index (κ1) is 9.32. The SMILES string of the molecule is CO/C=C/OC(=O)c1ccccc1. The highest BCUT2D eigenvalue weighted by Crippen LogP contribution is 2.00. The number of hydrogen-bond donors (Lipinski definition) is 0. The van der Waals surface area contributed by atoms with Crippen molar-refractivity contribution >= 4 is 5.97 Å². The van der Waals surface area contributed by atoms with Crippen LogP contribution in [0.3, 0.4) is 0 Å². The molecule has 0 saturated carbocycles. The van der Waals surface area contributed by atoms with Gasteiger partial charge in [0.15, 0.2) is 0 Å². The molecular weight excluding hydrogens is 168 g/mol. The highest BCUT2D eigenvalue weighted by atomic mass is 16.5. The first-order chi connectivity index (χ1) is 6.34.